The van der Waals surface area contributed by atoms with Crippen LogP contribution in [0.1, 0.15) is 64.9 Å². The van der Waals surface area contributed by atoms with E-state index in [1.54, 1.807) is 4.90 Å². The van der Waals surface area contributed by atoms with Crippen molar-refractivity contribution in [3.8, 4) is 0 Å². The molecule has 0 bridgehead atoms. The van der Waals surface area contributed by atoms with E-state index in [1.807, 2.05) is 51.1 Å². The number of benzene rings is 1. The van der Waals surface area contributed by atoms with Crippen molar-refractivity contribution in [1.29, 1.82) is 0 Å². The minimum absolute atomic E-state index is 0.0203. The molecule has 0 atom stereocenters. The van der Waals surface area contributed by atoms with E-state index in [0.717, 1.165) is 37.7 Å². The van der Waals surface area contributed by atoms with Crippen LogP contribution < -0.4 is 27.2 Å². The van der Waals surface area contributed by atoms with E-state index in [9.17, 15) is 14.4 Å². The van der Waals surface area contributed by atoms with Crippen LogP contribution in [0.3, 0.4) is 0 Å². The molecule has 0 radical (unpaired) electrons. The van der Waals surface area contributed by atoms with E-state index in [-0.39, 0.29) is 36.0 Å². The zero-order valence-electron chi connectivity index (χ0n) is 20.5. The lowest BCUT2D eigenvalue weighted by Crippen LogP contribution is -2.49. The number of carbonyl (C=O) groups is 1. The number of aromatic amines is 1. The lowest BCUT2D eigenvalue weighted by atomic mass is 9.97. The number of rotatable bonds is 10. The van der Waals surface area contributed by atoms with Gasteiger partial charge in [0.1, 0.15) is 11.5 Å². The minimum Gasteiger partial charge on any atom is -0.383 e. The molecular formula is C26H37N5O3. The molecule has 1 aromatic carbocycles. The van der Waals surface area contributed by atoms with E-state index in [4.69, 9.17) is 5.73 Å². The third kappa shape index (κ3) is 6.62. The Morgan fingerprint density at radius 2 is 1.94 bits per heavy atom. The van der Waals surface area contributed by atoms with Crippen LogP contribution in [0.15, 0.2) is 51.6 Å². The third-order valence-electron chi connectivity index (χ3n) is 6.50. The van der Waals surface area contributed by atoms with Gasteiger partial charge in [-0.1, -0.05) is 48.9 Å². The molecule has 184 valence electrons. The second-order valence-electron chi connectivity index (χ2n) is 9.63. The molecule has 0 aliphatic heterocycles. The molecule has 8 heteroatoms. The molecule has 3 rings (SSSR count). The number of carbonyl (C=O) groups excluding carboxylic acids is 1. The van der Waals surface area contributed by atoms with Crippen molar-refractivity contribution in [2.75, 3.05) is 23.7 Å². The molecule has 1 heterocycles. The van der Waals surface area contributed by atoms with Gasteiger partial charge in [0, 0.05) is 12.1 Å². The zero-order valence-corrected chi connectivity index (χ0v) is 20.5. The summed E-state index contributed by atoms with van der Waals surface area (Å²) >= 11 is 0. The number of hydrogen-bond donors (Lipinski definition) is 3. The molecule has 4 N–H and O–H groups in total. The van der Waals surface area contributed by atoms with E-state index in [1.165, 1.54) is 16.6 Å². The van der Waals surface area contributed by atoms with Crippen LogP contribution in [0.5, 0.6) is 0 Å². The fraction of sp³-hybridized carbons (Fsp3) is 0.500. The Hall–Kier alpha value is -3.29. The molecular weight excluding hydrogens is 430 g/mol. The summed E-state index contributed by atoms with van der Waals surface area (Å²) in [5.74, 6) is -0.123. The van der Waals surface area contributed by atoms with Gasteiger partial charge >= 0.3 is 5.69 Å². The standard InChI is InChI=1S/C26H37N5O3/c1-4-26(2,3)29-21(32)18-30(16-15-19-11-7-5-8-12-19)22-23(27)31(25(34)28-24(22)33)17-20-13-9-6-10-14-20/h6,9-11,13-14H,4-5,7-8,12,15-18,27H2,1-3H3,(H,29,32)(H,28,33,34). The maximum absolute atomic E-state index is 12.9. The molecule has 1 amide bonds. The SMILES string of the molecule is CCC(C)(C)NC(=O)CN(CCC1=CCCCC1)c1c(N)n(Cc2ccccc2)c(=O)[nH]c1=O. The first-order valence-corrected chi connectivity index (χ1v) is 12.1. The largest absolute Gasteiger partial charge is 0.383 e. The number of amides is 1. The molecule has 0 spiro atoms. The van der Waals surface area contributed by atoms with Crippen LogP contribution >= 0.6 is 0 Å². The summed E-state index contributed by atoms with van der Waals surface area (Å²) in [7, 11) is 0. The summed E-state index contributed by atoms with van der Waals surface area (Å²) in [6.07, 6.45) is 8.21. The highest BCUT2D eigenvalue weighted by atomic mass is 16.2. The number of allylic oxidation sites excluding steroid dienone is 1. The molecule has 8 nitrogen and oxygen atoms in total. The maximum Gasteiger partial charge on any atom is 0.330 e. The fourth-order valence-corrected chi connectivity index (χ4v) is 4.16. The Balaban J connectivity index is 1.95. The van der Waals surface area contributed by atoms with E-state index < -0.39 is 11.2 Å². The van der Waals surface area contributed by atoms with Crippen molar-refractivity contribution in [3.05, 3.63) is 68.4 Å². The molecule has 2 aromatic rings. The first-order chi connectivity index (χ1) is 16.2. The topological polar surface area (TPSA) is 113 Å². The first-order valence-electron chi connectivity index (χ1n) is 12.1. The Bertz CT molecular complexity index is 1130. The van der Waals surface area contributed by atoms with Crippen LogP contribution in [-0.2, 0) is 11.3 Å². The van der Waals surface area contributed by atoms with Gasteiger partial charge in [0.15, 0.2) is 0 Å². The number of nitrogens with zero attached hydrogens (tertiary/aromatic N) is 2. The number of anilines is 2. The summed E-state index contributed by atoms with van der Waals surface area (Å²) < 4.78 is 1.35. The number of H-pyrrole nitrogens is 1. The van der Waals surface area contributed by atoms with Crippen molar-refractivity contribution < 1.29 is 4.79 Å². The second kappa shape index (κ2) is 11.2. The number of nitrogens with two attached hydrogens (primary N) is 1. The average Bonchev–Trinajstić information content (AvgIpc) is 2.81. The van der Waals surface area contributed by atoms with Crippen LogP contribution in [0.2, 0.25) is 0 Å². The van der Waals surface area contributed by atoms with Crippen molar-refractivity contribution in [1.82, 2.24) is 14.9 Å². The highest BCUT2D eigenvalue weighted by molar-refractivity contribution is 5.83. The average molecular weight is 468 g/mol. The first kappa shape index (κ1) is 25.3. The highest BCUT2D eigenvalue weighted by Crippen LogP contribution is 2.23. The molecule has 34 heavy (non-hydrogen) atoms. The second-order valence-corrected chi connectivity index (χ2v) is 9.63. The minimum atomic E-state index is -0.577. The van der Waals surface area contributed by atoms with E-state index in [0.29, 0.717) is 6.54 Å². The van der Waals surface area contributed by atoms with Crippen LogP contribution in [0.25, 0.3) is 0 Å². The number of nitrogens with one attached hydrogen (secondary N) is 2. The molecule has 0 saturated heterocycles. The van der Waals surface area contributed by atoms with Crippen LogP contribution in [-0.4, -0.2) is 34.1 Å². The Labute approximate surface area is 200 Å². The van der Waals surface area contributed by atoms with Crippen molar-refractivity contribution >= 4 is 17.4 Å². The van der Waals surface area contributed by atoms with E-state index in [2.05, 4.69) is 16.4 Å². The summed E-state index contributed by atoms with van der Waals surface area (Å²) in [5.41, 5.74) is 7.30. The number of aromatic nitrogens is 2. The monoisotopic (exact) mass is 467 g/mol. The van der Waals surface area contributed by atoms with Gasteiger partial charge in [0.05, 0.1) is 13.1 Å². The molecule has 0 saturated carbocycles. The predicted molar refractivity (Wildman–Crippen MR) is 137 cm³/mol. The quantitative estimate of drug-likeness (QED) is 0.465. The summed E-state index contributed by atoms with van der Waals surface area (Å²) in [6, 6.07) is 9.45. The molecule has 0 fully saturated rings. The molecule has 1 aliphatic rings. The molecule has 0 unspecified atom stereocenters. The van der Waals surface area contributed by atoms with Crippen LogP contribution in [0.4, 0.5) is 11.5 Å². The van der Waals surface area contributed by atoms with Crippen LogP contribution in [0, 0.1) is 0 Å². The predicted octanol–water partition coefficient (Wildman–Crippen LogP) is 3.17. The van der Waals surface area contributed by atoms with E-state index >= 15 is 0 Å². The Kier molecular flexibility index (Phi) is 8.36. The number of nitrogen functional groups attached to an aromatic ring is 1. The highest BCUT2D eigenvalue weighted by Gasteiger charge is 2.24. The smallest absolute Gasteiger partial charge is 0.330 e. The Morgan fingerprint density at radius 3 is 2.59 bits per heavy atom. The van der Waals surface area contributed by atoms with Crippen molar-refractivity contribution in [2.24, 2.45) is 0 Å². The van der Waals surface area contributed by atoms with Gasteiger partial charge in [-0.2, -0.15) is 0 Å². The molecule has 1 aliphatic carbocycles. The van der Waals surface area contributed by atoms with Gasteiger partial charge in [-0.05, 0) is 57.9 Å². The van der Waals surface area contributed by atoms with Gasteiger partial charge in [0.25, 0.3) is 5.56 Å². The number of hydrogen-bond acceptors (Lipinski definition) is 5. The third-order valence-corrected chi connectivity index (χ3v) is 6.50. The van der Waals surface area contributed by atoms with Gasteiger partial charge < -0.3 is 16.0 Å². The van der Waals surface area contributed by atoms with Crippen molar-refractivity contribution in [2.45, 2.75) is 71.4 Å². The Morgan fingerprint density at radius 1 is 1.21 bits per heavy atom. The zero-order chi connectivity index (χ0) is 24.7. The fourth-order valence-electron chi connectivity index (χ4n) is 4.16. The van der Waals surface area contributed by atoms with Gasteiger partial charge in [-0.25, -0.2) is 4.79 Å². The van der Waals surface area contributed by atoms with Gasteiger partial charge in [-0.3, -0.25) is 19.1 Å². The van der Waals surface area contributed by atoms with Crippen molar-refractivity contribution in [3.63, 3.8) is 0 Å². The summed E-state index contributed by atoms with van der Waals surface area (Å²) in [5, 5.41) is 3.03. The summed E-state index contributed by atoms with van der Waals surface area (Å²) in [6.45, 7) is 6.60. The maximum atomic E-state index is 12.9. The summed E-state index contributed by atoms with van der Waals surface area (Å²) in [4.78, 5) is 42.6. The lowest BCUT2D eigenvalue weighted by Gasteiger charge is -2.30. The normalized spacial score (nSPS) is 13.9. The van der Waals surface area contributed by atoms with Gasteiger partial charge in [-0.15, -0.1) is 0 Å². The lowest BCUT2D eigenvalue weighted by molar-refractivity contribution is -0.121. The van der Waals surface area contributed by atoms with Gasteiger partial charge in [0.2, 0.25) is 5.91 Å². The molecule has 1 aromatic heterocycles.